The molecular formula is C21H22F4N8O. The summed E-state index contributed by atoms with van der Waals surface area (Å²) < 4.78 is 53.9. The Morgan fingerprint density at radius 3 is 2.59 bits per heavy atom. The molecule has 1 amide bonds. The van der Waals surface area contributed by atoms with Crippen molar-refractivity contribution >= 4 is 23.4 Å². The van der Waals surface area contributed by atoms with E-state index in [0.29, 0.717) is 0 Å². The number of carbonyl (C=O) groups excluding carboxylic acids is 1. The van der Waals surface area contributed by atoms with Crippen LogP contribution in [0, 0.1) is 5.82 Å². The van der Waals surface area contributed by atoms with Crippen molar-refractivity contribution in [2.24, 2.45) is 11.5 Å². The highest BCUT2D eigenvalue weighted by Gasteiger charge is 2.33. The monoisotopic (exact) mass is 478 g/mol. The number of nitrogens with two attached hydrogens (primary N) is 2. The van der Waals surface area contributed by atoms with E-state index in [0.717, 1.165) is 48.7 Å². The van der Waals surface area contributed by atoms with Crippen LogP contribution in [0.5, 0.6) is 0 Å². The van der Waals surface area contributed by atoms with Crippen LogP contribution in [0.3, 0.4) is 0 Å². The number of carbonyl (C=O) groups is 1. The fourth-order valence-electron chi connectivity index (χ4n) is 3.75. The molecule has 2 aromatic heterocycles. The van der Waals surface area contributed by atoms with Gasteiger partial charge in [0.25, 0.3) is 5.91 Å². The van der Waals surface area contributed by atoms with E-state index in [2.05, 4.69) is 25.7 Å². The van der Waals surface area contributed by atoms with E-state index in [4.69, 9.17) is 11.5 Å². The number of halogens is 4. The average molecular weight is 478 g/mol. The Bertz CT molecular complexity index is 1200. The summed E-state index contributed by atoms with van der Waals surface area (Å²) >= 11 is 0. The van der Waals surface area contributed by atoms with Crippen molar-refractivity contribution in [3.05, 3.63) is 53.7 Å². The zero-order valence-corrected chi connectivity index (χ0v) is 17.8. The molecule has 6 N–H and O–H groups in total. The molecule has 9 nitrogen and oxygen atoms in total. The van der Waals surface area contributed by atoms with Gasteiger partial charge >= 0.3 is 6.18 Å². The highest BCUT2D eigenvalue weighted by Crippen LogP contribution is 2.29. The fraction of sp³-hybridized carbons (Fsp3) is 0.333. The molecule has 2 unspecified atom stereocenters. The third-order valence-electron chi connectivity index (χ3n) is 5.52. The number of alkyl halides is 3. The maximum Gasteiger partial charge on any atom is 0.435 e. The van der Waals surface area contributed by atoms with Gasteiger partial charge in [-0.25, -0.2) is 14.1 Å². The Morgan fingerprint density at radius 2 is 1.94 bits per heavy atom. The molecule has 180 valence electrons. The van der Waals surface area contributed by atoms with Crippen LogP contribution in [0.2, 0.25) is 0 Å². The third kappa shape index (κ3) is 5.09. The number of primary amides is 1. The van der Waals surface area contributed by atoms with Gasteiger partial charge in [0, 0.05) is 30.2 Å². The second kappa shape index (κ2) is 9.25. The molecule has 1 saturated carbocycles. The summed E-state index contributed by atoms with van der Waals surface area (Å²) in [4.78, 5) is 20.3. The largest absolute Gasteiger partial charge is 0.435 e. The summed E-state index contributed by atoms with van der Waals surface area (Å²) in [6.45, 7) is 0. The van der Waals surface area contributed by atoms with Crippen LogP contribution in [0.15, 0.2) is 36.7 Å². The Kier molecular flexibility index (Phi) is 6.37. The van der Waals surface area contributed by atoms with Crippen LogP contribution in [-0.2, 0) is 6.18 Å². The van der Waals surface area contributed by atoms with Gasteiger partial charge in [-0.15, -0.1) is 0 Å². The molecule has 0 aliphatic heterocycles. The van der Waals surface area contributed by atoms with E-state index < -0.39 is 23.6 Å². The Morgan fingerprint density at radius 1 is 1.18 bits per heavy atom. The number of nitrogens with zero attached hydrogens (tertiary/aromatic N) is 4. The topological polar surface area (TPSA) is 137 Å². The highest BCUT2D eigenvalue weighted by molar-refractivity contribution is 5.98. The lowest BCUT2D eigenvalue weighted by Crippen LogP contribution is -2.43. The molecule has 3 aromatic rings. The minimum atomic E-state index is -4.64. The fourth-order valence-corrected chi connectivity index (χ4v) is 3.75. The summed E-state index contributed by atoms with van der Waals surface area (Å²) in [5.74, 6) is -1.37. The molecule has 13 heteroatoms. The first-order valence-corrected chi connectivity index (χ1v) is 10.5. The molecule has 0 bridgehead atoms. The molecule has 1 fully saturated rings. The lowest BCUT2D eigenvalue weighted by atomic mass is 9.91. The van der Waals surface area contributed by atoms with Crippen LogP contribution in [0.4, 0.5) is 35.0 Å². The lowest BCUT2D eigenvalue weighted by Gasteiger charge is -2.29. The molecule has 0 spiro atoms. The van der Waals surface area contributed by atoms with E-state index in [1.54, 1.807) is 0 Å². The first-order chi connectivity index (χ1) is 16.1. The predicted molar refractivity (Wildman–Crippen MR) is 116 cm³/mol. The van der Waals surface area contributed by atoms with Gasteiger partial charge in [0.05, 0.1) is 0 Å². The maximum atomic E-state index is 14.7. The van der Waals surface area contributed by atoms with Crippen LogP contribution in [-0.4, -0.2) is 37.7 Å². The molecule has 4 rings (SSSR count). The highest BCUT2D eigenvalue weighted by atomic mass is 19.4. The van der Waals surface area contributed by atoms with Gasteiger partial charge in [-0.2, -0.15) is 23.3 Å². The number of hydrogen-bond donors (Lipinski definition) is 4. The van der Waals surface area contributed by atoms with Crippen LogP contribution in [0.25, 0.3) is 5.69 Å². The quantitative estimate of drug-likeness (QED) is 0.399. The Hall–Kier alpha value is -3.74. The van der Waals surface area contributed by atoms with Crippen LogP contribution in [0.1, 0.15) is 41.7 Å². The van der Waals surface area contributed by atoms with Crippen molar-refractivity contribution in [3.63, 3.8) is 0 Å². The van der Waals surface area contributed by atoms with Crippen molar-refractivity contribution < 1.29 is 22.4 Å². The van der Waals surface area contributed by atoms with Crippen molar-refractivity contribution in [1.82, 2.24) is 19.7 Å². The van der Waals surface area contributed by atoms with Gasteiger partial charge in [-0.3, -0.25) is 4.79 Å². The zero-order valence-electron chi connectivity index (χ0n) is 17.8. The second-order valence-electron chi connectivity index (χ2n) is 7.95. The van der Waals surface area contributed by atoms with Gasteiger partial charge in [0.15, 0.2) is 11.5 Å². The van der Waals surface area contributed by atoms with E-state index in [1.807, 2.05) is 0 Å². The van der Waals surface area contributed by atoms with Gasteiger partial charge in [-0.05, 0) is 37.1 Å². The first-order valence-electron chi connectivity index (χ1n) is 10.5. The lowest BCUT2D eigenvalue weighted by molar-refractivity contribution is -0.141. The number of nitrogens with one attached hydrogen (secondary N) is 2. The molecular weight excluding hydrogens is 456 g/mol. The minimum absolute atomic E-state index is 0.0233. The van der Waals surface area contributed by atoms with Crippen molar-refractivity contribution in [2.75, 3.05) is 10.6 Å². The molecule has 0 radical (unpaired) electrons. The number of benzene rings is 1. The molecule has 1 aromatic carbocycles. The van der Waals surface area contributed by atoms with Gasteiger partial charge in [0.2, 0.25) is 5.95 Å². The standard InChI is InChI=1S/C21H22F4N8O/c22-13-9-11(5-6-16(13)33-8-7-17(32-33)21(23,24)25)29-19-12(18(27)34)10-28-20(31-19)30-15-4-2-1-3-14(15)26/h5-10,14-15H,1-4,26H2,(H2,27,34)(H2,28,29,30,31). The number of hydrogen-bond acceptors (Lipinski definition) is 7. The molecule has 1 aliphatic rings. The number of anilines is 3. The van der Waals surface area contributed by atoms with Crippen LogP contribution < -0.4 is 22.1 Å². The van der Waals surface area contributed by atoms with Gasteiger partial charge in [0.1, 0.15) is 17.1 Å². The number of rotatable bonds is 6. The zero-order chi connectivity index (χ0) is 24.5. The molecule has 1 aliphatic carbocycles. The molecule has 2 atom stereocenters. The van der Waals surface area contributed by atoms with Gasteiger partial charge < -0.3 is 22.1 Å². The SMILES string of the molecule is NC(=O)c1cnc(NC2CCCCC2N)nc1Nc1ccc(-n2ccc(C(F)(F)F)n2)c(F)c1. The Balaban J connectivity index is 1.58. The van der Waals surface area contributed by atoms with E-state index in [9.17, 15) is 22.4 Å². The normalized spacial score (nSPS) is 18.5. The smallest absolute Gasteiger partial charge is 0.365 e. The van der Waals surface area contributed by atoms with E-state index in [1.165, 1.54) is 18.3 Å². The first kappa shape index (κ1) is 23.4. The molecule has 34 heavy (non-hydrogen) atoms. The average Bonchev–Trinajstić information content (AvgIpc) is 3.26. The van der Waals surface area contributed by atoms with Crippen molar-refractivity contribution in [1.29, 1.82) is 0 Å². The van der Waals surface area contributed by atoms with Crippen LogP contribution >= 0.6 is 0 Å². The molecule has 0 saturated heterocycles. The number of aromatic nitrogens is 4. The summed E-state index contributed by atoms with van der Waals surface area (Å²) in [6.07, 6.45) is 1.40. The van der Waals surface area contributed by atoms with Crippen molar-refractivity contribution in [3.8, 4) is 5.69 Å². The van der Waals surface area contributed by atoms with Gasteiger partial charge in [-0.1, -0.05) is 12.8 Å². The van der Waals surface area contributed by atoms with E-state index >= 15 is 0 Å². The minimum Gasteiger partial charge on any atom is -0.365 e. The summed E-state index contributed by atoms with van der Waals surface area (Å²) in [5, 5.41) is 9.35. The predicted octanol–water partition coefficient (Wildman–Crippen LogP) is 3.34. The summed E-state index contributed by atoms with van der Waals surface area (Å²) in [6, 6.07) is 4.35. The third-order valence-corrected chi connectivity index (χ3v) is 5.52. The summed E-state index contributed by atoms with van der Waals surface area (Å²) in [5.41, 5.74) is 10.4. The van der Waals surface area contributed by atoms with Crippen molar-refractivity contribution in [2.45, 2.75) is 43.9 Å². The molecule has 2 heterocycles. The maximum absolute atomic E-state index is 14.7. The summed E-state index contributed by atoms with van der Waals surface area (Å²) in [7, 11) is 0. The number of amides is 1. The Labute approximate surface area is 191 Å². The second-order valence-corrected chi connectivity index (χ2v) is 7.95. The van der Waals surface area contributed by atoms with E-state index in [-0.39, 0.29) is 40.8 Å².